The smallest absolute Gasteiger partial charge is 0.363 e. The van der Waals surface area contributed by atoms with E-state index in [0.29, 0.717) is 25.7 Å². The third-order valence-corrected chi connectivity index (χ3v) is 6.00. The van der Waals surface area contributed by atoms with E-state index in [2.05, 4.69) is 6.92 Å². The maximum Gasteiger partial charge on any atom is 0.363 e. The van der Waals surface area contributed by atoms with E-state index < -0.39 is 40.5 Å². The third-order valence-electron chi connectivity index (χ3n) is 6.00. The lowest BCUT2D eigenvalue weighted by Crippen LogP contribution is -2.69. The zero-order valence-corrected chi connectivity index (χ0v) is 19.9. The van der Waals surface area contributed by atoms with E-state index in [-0.39, 0.29) is 19.3 Å². The quantitative estimate of drug-likeness (QED) is 0.181. The number of hydrogen-bond donors (Lipinski definition) is 3. The number of nitrogens with zero attached hydrogens (tertiary/aromatic N) is 1. The second-order valence-electron chi connectivity index (χ2n) is 8.41. The first-order valence-corrected chi connectivity index (χ1v) is 12.0. The summed E-state index contributed by atoms with van der Waals surface area (Å²) >= 11 is 0. The first kappa shape index (κ1) is 29.1. The molecule has 31 heavy (non-hydrogen) atoms. The van der Waals surface area contributed by atoms with Gasteiger partial charge >= 0.3 is 17.9 Å². The van der Waals surface area contributed by atoms with Gasteiger partial charge in [-0.1, -0.05) is 53.4 Å². The summed E-state index contributed by atoms with van der Waals surface area (Å²) in [5.74, 6) is -3.42. The molecule has 3 atom stereocenters. The second-order valence-corrected chi connectivity index (χ2v) is 8.41. The Morgan fingerprint density at radius 2 is 1.03 bits per heavy atom. The highest BCUT2D eigenvalue weighted by Gasteiger charge is 2.56. The van der Waals surface area contributed by atoms with E-state index in [1.807, 2.05) is 26.8 Å². The second kappa shape index (κ2) is 15.8. The van der Waals surface area contributed by atoms with Crippen LogP contribution in [0.15, 0.2) is 12.3 Å². The van der Waals surface area contributed by atoms with Gasteiger partial charge in [0.15, 0.2) is 18.1 Å². The number of quaternary nitrogens is 1. The minimum atomic E-state index is -1.14. The lowest BCUT2D eigenvalue weighted by Gasteiger charge is -2.47. The minimum Gasteiger partial charge on any atom is -0.477 e. The van der Waals surface area contributed by atoms with Gasteiger partial charge in [0.2, 0.25) is 0 Å². The van der Waals surface area contributed by atoms with Crippen molar-refractivity contribution >= 4 is 17.9 Å². The van der Waals surface area contributed by atoms with Gasteiger partial charge in [0.05, 0.1) is 6.20 Å². The summed E-state index contributed by atoms with van der Waals surface area (Å²) in [6.07, 6.45) is 11.8. The van der Waals surface area contributed by atoms with Crippen molar-refractivity contribution < 1.29 is 34.2 Å². The molecule has 0 fully saturated rings. The molecule has 0 rings (SSSR count). The molecule has 3 unspecified atom stereocenters. The van der Waals surface area contributed by atoms with Gasteiger partial charge in [-0.05, 0) is 38.2 Å². The van der Waals surface area contributed by atoms with Crippen LogP contribution in [0.4, 0.5) is 0 Å². The fraction of sp³-hybridized carbons (Fsp3) is 0.792. The lowest BCUT2D eigenvalue weighted by atomic mass is 9.93. The highest BCUT2D eigenvalue weighted by Crippen LogP contribution is 2.34. The molecule has 3 N–H and O–H groups in total. The molecule has 0 aliphatic heterocycles. The molecule has 0 aromatic rings. The van der Waals surface area contributed by atoms with Crippen molar-refractivity contribution in [2.75, 3.05) is 0 Å². The standard InChI is InChI=1S/C24H43NO6/c1-5-9-10-11-12-13-14-18-25(19(15-6-2)22(26)27,20(16-7-3)23(28)29)21(17-8-4)24(30)31/h14,18-21H,5-13,15-17H2,1-4H3,(H2-,26,27,28,29,30,31)/p+1. The Balaban J connectivity index is 6.48. The van der Waals surface area contributed by atoms with Gasteiger partial charge in [-0.3, -0.25) is 4.48 Å². The highest BCUT2D eigenvalue weighted by atomic mass is 16.4. The maximum absolute atomic E-state index is 12.4. The van der Waals surface area contributed by atoms with E-state index in [1.54, 1.807) is 6.20 Å². The van der Waals surface area contributed by atoms with Crippen LogP contribution in [-0.2, 0) is 14.4 Å². The van der Waals surface area contributed by atoms with Crippen molar-refractivity contribution in [1.82, 2.24) is 0 Å². The van der Waals surface area contributed by atoms with Crippen molar-refractivity contribution in [2.45, 2.75) is 123 Å². The lowest BCUT2D eigenvalue weighted by molar-refractivity contribution is -0.928. The Hall–Kier alpha value is -1.89. The van der Waals surface area contributed by atoms with Crippen LogP contribution < -0.4 is 0 Å². The molecular weight excluding hydrogens is 398 g/mol. The number of carboxylic acid groups (broad SMARTS) is 3. The SMILES string of the molecule is CCCCCCCC=C[N+](C(CCC)C(=O)O)(C(CCC)C(=O)O)C(CCC)C(=O)O. The summed E-state index contributed by atoms with van der Waals surface area (Å²) in [5.41, 5.74) is 0. The summed E-state index contributed by atoms with van der Waals surface area (Å²) in [4.78, 5) is 37.1. The molecule has 0 aliphatic rings. The van der Waals surface area contributed by atoms with Gasteiger partial charge in [0.1, 0.15) is 0 Å². The topological polar surface area (TPSA) is 112 Å². The Labute approximate surface area is 187 Å². The molecular formula is C24H44NO6+. The van der Waals surface area contributed by atoms with Gasteiger partial charge in [0.25, 0.3) is 0 Å². The Kier molecular flexibility index (Phi) is 14.9. The highest BCUT2D eigenvalue weighted by molar-refractivity contribution is 5.78. The fourth-order valence-electron chi connectivity index (χ4n) is 4.52. The van der Waals surface area contributed by atoms with Gasteiger partial charge in [0, 0.05) is 19.3 Å². The largest absolute Gasteiger partial charge is 0.477 e. The van der Waals surface area contributed by atoms with Crippen LogP contribution >= 0.6 is 0 Å². The summed E-state index contributed by atoms with van der Waals surface area (Å²) in [7, 11) is 0. The molecule has 0 spiro atoms. The van der Waals surface area contributed by atoms with Gasteiger partial charge in [-0.15, -0.1) is 0 Å². The Bertz CT molecular complexity index is 515. The van der Waals surface area contributed by atoms with E-state index in [4.69, 9.17) is 0 Å². The molecule has 0 aromatic carbocycles. The molecule has 7 nitrogen and oxygen atoms in total. The first-order valence-electron chi connectivity index (χ1n) is 12.0. The third kappa shape index (κ3) is 8.63. The predicted molar refractivity (Wildman–Crippen MR) is 122 cm³/mol. The maximum atomic E-state index is 12.4. The molecule has 7 heteroatoms. The van der Waals surface area contributed by atoms with Crippen LogP contribution in [-0.4, -0.2) is 55.8 Å². The summed E-state index contributed by atoms with van der Waals surface area (Å²) in [6, 6.07) is -3.37. The van der Waals surface area contributed by atoms with Crippen LogP contribution in [0, 0.1) is 0 Å². The van der Waals surface area contributed by atoms with E-state index in [0.717, 1.165) is 32.1 Å². The summed E-state index contributed by atoms with van der Waals surface area (Å²) < 4.78 is -0.551. The van der Waals surface area contributed by atoms with Gasteiger partial charge < -0.3 is 15.3 Å². The predicted octanol–water partition coefficient (Wildman–Crippen LogP) is 5.44. The van der Waals surface area contributed by atoms with Crippen LogP contribution in [0.1, 0.15) is 105 Å². The number of allylic oxidation sites excluding steroid dienone is 1. The van der Waals surface area contributed by atoms with Gasteiger partial charge in [-0.25, -0.2) is 14.4 Å². The fourth-order valence-corrected chi connectivity index (χ4v) is 4.52. The first-order chi connectivity index (χ1) is 14.7. The molecule has 0 aromatic heterocycles. The summed E-state index contributed by atoms with van der Waals surface area (Å²) in [6.45, 7) is 7.67. The normalized spacial score (nSPS) is 16.5. The average Bonchev–Trinajstić information content (AvgIpc) is 2.71. The molecule has 0 amide bonds. The summed E-state index contributed by atoms with van der Waals surface area (Å²) in [5, 5.41) is 30.3. The molecule has 0 saturated carbocycles. The van der Waals surface area contributed by atoms with Crippen molar-refractivity contribution in [3.63, 3.8) is 0 Å². The number of carboxylic acids is 3. The molecule has 0 saturated heterocycles. The number of rotatable bonds is 19. The number of carbonyl (C=O) groups is 3. The van der Waals surface area contributed by atoms with Crippen LogP contribution in [0.3, 0.4) is 0 Å². The molecule has 0 radical (unpaired) electrons. The van der Waals surface area contributed by atoms with Crippen molar-refractivity contribution in [3.05, 3.63) is 12.3 Å². The van der Waals surface area contributed by atoms with E-state index in [1.165, 1.54) is 0 Å². The van der Waals surface area contributed by atoms with Gasteiger partial charge in [-0.2, -0.15) is 0 Å². The number of unbranched alkanes of at least 4 members (excludes halogenated alkanes) is 5. The zero-order valence-electron chi connectivity index (χ0n) is 19.9. The van der Waals surface area contributed by atoms with Crippen LogP contribution in [0.5, 0.6) is 0 Å². The average molecular weight is 443 g/mol. The molecule has 0 aliphatic carbocycles. The van der Waals surface area contributed by atoms with Crippen LogP contribution in [0.25, 0.3) is 0 Å². The monoisotopic (exact) mass is 442 g/mol. The zero-order chi connectivity index (χ0) is 23.9. The van der Waals surface area contributed by atoms with Crippen molar-refractivity contribution in [1.29, 1.82) is 0 Å². The molecule has 180 valence electrons. The molecule has 0 heterocycles. The number of aliphatic carboxylic acids is 3. The van der Waals surface area contributed by atoms with Crippen molar-refractivity contribution in [3.8, 4) is 0 Å². The van der Waals surface area contributed by atoms with Crippen molar-refractivity contribution in [2.24, 2.45) is 0 Å². The Morgan fingerprint density at radius 3 is 1.35 bits per heavy atom. The Morgan fingerprint density at radius 1 is 0.645 bits per heavy atom. The molecule has 0 bridgehead atoms. The van der Waals surface area contributed by atoms with E-state index >= 15 is 0 Å². The van der Waals surface area contributed by atoms with E-state index in [9.17, 15) is 29.7 Å². The number of hydrogen-bond acceptors (Lipinski definition) is 3. The minimum absolute atomic E-state index is 0.219. The van der Waals surface area contributed by atoms with Crippen LogP contribution in [0.2, 0.25) is 0 Å².